The zero-order chi connectivity index (χ0) is 8.60. The van der Waals surface area contributed by atoms with E-state index >= 15 is 0 Å². The van der Waals surface area contributed by atoms with Crippen molar-refractivity contribution in [3.8, 4) is 0 Å². The maximum atomic E-state index is 11.6. The highest BCUT2D eigenvalue weighted by atomic mass is 16.2. The molecule has 3 saturated carbocycles. The molecule has 1 N–H and O–H groups in total. The van der Waals surface area contributed by atoms with Crippen LogP contribution in [0.1, 0.15) is 38.5 Å². The van der Waals surface area contributed by atoms with Gasteiger partial charge in [0.1, 0.15) is 0 Å². The summed E-state index contributed by atoms with van der Waals surface area (Å²) in [5.41, 5.74) is 0.0451. The van der Waals surface area contributed by atoms with Crippen LogP contribution in [0.15, 0.2) is 0 Å². The van der Waals surface area contributed by atoms with E-state index in [1.54, 1.807) is 7.05 Å². The Bertz CT molecular complexity index is 178. The summed E-state index contributed by atoms with van der Waals surface area (Å²) in [6.07, 6.45) is 7.26. The number of rotatable bonds is 1. The summed E-state index contributed by atoms with van der Waals surface area (Å²) in [7, 11) is 1.76. The van der Waals surface area contributed by atoms with E-state index in [1.165, 1.54) is 19.3 Å². The van der Waals surface area contributed by atoms with Crippen molar-refractivity contribution in [3.05, 3.63) is 0 Å². The molecule has 2 nitrogen and oxygen atoms in total. The lowest BCUT2D eigenvalue weighted by atomic mass is 9.60. The second-order valence-corrected chi connectivity index (χ2v) is 4.34. The van der Waals surface area contributed by atoms with Crippen molar-refractivity contribution in [2.75, 3.05) is 7.05 Å². The van der Waals surface area contributed by atoms with E-state index in [0.29, 0.717) is 5.91 Å². The van der Waals surface area contributed by atoms with Gasteiger partial charge < -0.3 is 5.32 Å². The fourth-order valence-electron chi connectivity index (χ4n) is 2.86. The van der Waals surface area contributed by atoms with Gasteiger partial charge in [0.25, 0.3) is 0 Å². The monoisotopic (exact) mass is 167 g/mol. The molecule has 0 aromatic carbocycles. The van der Waals surface area contributed by atoms with Crippen molar-refractivity contribution >= 4 is 5.91 Å². The maximum Gasteiger partial charge on any atom is 0.225 e. The van der Waals surface area contributed by atoms with Gasteiger partial charge in [-0.15, -0.1) is 0 Å². The Morgan fingerprint density at radius 3 is 2.17 bits per heavy atom. The third kappa shape index (κ3) is 1.05. The van der Waals surface area contributed by atoms with Crippen LogP contribution < -0.4 is 5.32 Å². The molecule has 0 aromatic rings. The van der Waals surface area contributed by atoms with Crippen molar-refractivity contribution in [2.45, 2.75) is 38.5 Å². The lowest BCUT2D eigenvalue weighted by Gasteiger charge is -2.44. The van der Waals surface area contributed by atoms with Gasteiger partial charge in [0, 0.05) is 12.5 Å². The molecule has 0 spiro atoms. The Kier molecular flexibility index (Phi) is 1.85. The second-order valence-electron chi connectivity index (χ2n) is 4.34. The van der Waals surface area contributed by atoms with E-state index in [-0.39, 0.29) is 5.41 Å². The number of hydrogen-bond acceptors (Lipinski definition) is 1. The molecule has 68 valence electrons. The molecule has 12 heavy (non-hydrogen) atoms. The molecule has 3 fully saturated rings. The van der Waals surface area contributed by atoms with Crippen molar-refractivity contribution in [1.29, 1.82) is 0 Å². The fraction of sp³-hybridized carbons (Fsp3) is 0.900. The number of nitrogens with one attached hydrogen (secondary N) is 1. The zero-order valence-electron chi connectivity index (χ0n) is 7.73. The van der Waals surface area contributed by atoms with Crippen LogP contribution in [0.5, 0.6) is 0 Å². The van der Waals surface area contributed by atoms with Gasteiger partial charge in [-0.1, -0.05) is 0 Å². The van der Waals surface area contributed by atoms with Crippen LogP contribution >= 0.6 is 0 Å². The number of hydrogen-bond donors (Lipinski definition) is 1. The first-order valence-corrected chi connectivity index (χ1v) is 4.99. The minimum absolute atomic E-state index is 0.0451. The van der Waals surface area contributed by atoms with Crippen LogP contribution in [0.4, 0.5) is 0 Å². The summed E-state index contributed by atoms with van der Waals surface area (Å²) >= 11 is 0. The van der Waals surface area contributed by atoms with Crippen LogP contribution in [-0.2, 0) is 4.79 Å². The molecule has 3 rings (SSSR count). The molecule has 0 aromatic heterocycles. The minimum Gasteiger partial charge on any atom is -0.359 e. The molecule has 0 radical (unpaired) electrons. The topological polar surface area (TPSA) is 29.1 Å². The van der Waals surface area contributed by atoms with Gasteiger partial charge in [-0.2, -0.15) is 0 Å². The number of carbonyl (C=O) groups excluding carboxylic acids is 1. The van der Waals surface area contributed by atoms with E-state index in [1.807, 2.05) is 0 Å². The third-order valence-corrected chi connectivity index (χ3v) is 3.80. The molecule has 1 amide bonds. The summed E-state index contributed by atoms with van der Waals surface area (Å²) in [6, 6.07) is 0. The highest BCUT2D eigenvalue weighted by molar-refractivity contribution is 5.82. The van der Waals surface area contributed by atoms with E-state index in [9.17, 15) is 4.79 Å². The molecule has 3 aliphatic rings. The highest BCUT2D eigenvalue weighted by Gasteiger charge is 2.45. The predicted molar refractivity (Wildman–Crippen MR) is 47.7 cm³/mol. The minimum atomic E-state index is 0.0451. The van der Waals surface area contributed by atoms with Crippen molar-refractivity contribution in [2.24, 2.45) is 11.3 Å². The summed E-state index contributed by atoms with van der Waals surface area (Å²) < 4.78 is 0. The molecule has 0 unspecified atom stereocenters. The average molecular weight is 167 g/mol. The lowest BCUT2D eigenvalue weighted by molar-refractivity contribution is -0.136. The van der Waals surface area contributed by atoms with E-state index in [4.69, 9.17) is 0 Å². The van der Waals surface area contributed by atoms with E-state index in [0.717, 1.165) is 25.2 Å². The molecule has 0 aliphatic heterocycles. The summed E-state index contributed by atoms with van der Waals surface area (Å²) in [6.45, 7) is 0. The van der Waals surface area contributed by atoms with Crippen LogP contribution in [0.2, 0.25) is 0 Å². The van der Waals surface area contributed by atoms with Gasteiger partial charge in [-0.25, -0.2) is 0 Å². The molecule has 0 heterocycles. The zero-order valence-corrected chi connectivity index (χ0v) is 7.73. The maximum absolute atomic E-state index is 11.6. The summed E-state index contributed by atoms with van der Waals surface area (Å²) in [5.74, 6) is 1.23. The third-order valence-electron chi connectivity index (χ3n) is 3.80. The van der Waals surface area contributed by atoms with Gasteiger partial charge in [0.05, 0.1) is 0 Å². The number of amides is 1. The van der Waals surface area contributed by atoms with Gasteiger partial charge in [-0.05, 0) is 44.4 Å². The van der Waals surface area contributed by atoms with Gasteiger partial charge in [0.15, 0.2) is 0 Å². The molecule has 2 heteroatoms. The average Bonchev–Trinajstić information content (AvgIpc) is 2.19. The van der Waals surface area contributed by atoms with Gasteiger partial charge in [-0.3, -0.25) is 4.79 Å². The van der Waals surface area contributed by atoms with Crippen LogP contribution in [0.25, 0.3) is 0 Å². The van der Waals surface area contributed by atoms with E-state index < -0.39 is 0 Å². The van der Waals surface area contributed by atoms with Crippen molar-refractivity contribution in [1.82, 2.24) is 5.32 Å². The Morgan fingerprint density at radius 2 is 1.75 bits per heavy atom. The van der Waals surface area contributed by atoms with Crippen LogP contribution in [-0.4, -0.2) is 13.0 Å². The smallest absolute Gasteiger partial charge is 0.225 e. The Morgan fingerprint density at radius 1 is 1.25 bits per heavy atom. The van der Waals surface area contributed by atoms with Crippen molar-refractivity contribution in [3.63, 3.8) is 0 Å². The first-order chi connectivity index (χ1) is 5.77. The predicted octanol–water partition coefficient (Wildman–Crippen LogP) is 1.70. The summed E-state index contributed by atoms with van der Waals surface area (Å²) in [5, 5.41) is 2.81. The highest BCUT2D eigenvalue weighted by Crippen LogP contribution is 2.50. The SMILES string of the molecule is CNC(=O)C12CCC(CC1)CC2. The van der Waals surface area contributed by atoms with Gasteiger partial charge >= 0.3 is 0 Å². The molecular weight excluding hydrogens is 150 g/mol. The fourth-order valence-corrected chi connectivity index (χ4v) is 2.86. The first-order valence-electron chi connectivity index (χ1n) is 4.99. The molecular formula is C10H17NO. The largest absolute Gasteiger partial charge is 0.359 e. The standard InChI is InChI=1S/C10H17NO/c1-11-9(12)10-5-2-8(3-6-10)4-7-10/h8H,2-7H2,1H3,(H,11,12). The Labute approximate surface area is 73.7 Å². The Hall–Kier alpha value is -0.530. The first kappa shape index (κ1) is 8.09. The summed E-state index contributed by atoms with van der Waals surface area (Å²) in [4.78, 5) is 11.6. The number of carbonyl (C=O) groups is 1. The van der Waals surface area contributed by atoms with E-state index in [2.05, 4.69) is 5.32 Å². The molecule has 0 saturated heterocycles. The Balaban J connectivity index is 2.13. The van der Waals surface area contributed by atoms with Gasteiger partial charge in [0.2, 0.25) is 5.91 Å². The lowest BCUT2D eigenvalue weighted by Crippen LogP contribution is -2.45. The quantitative estimate of drug-likeness (QED) is 0.632. The normalized spacial score (nSPS) is 39.6. The molecule has 2 bridgehead atoms. The number of fused-ring (bicyclic) bond motifs is 3. The second kappa shape index (κ2) is 2.75. The molecule has 0 atom stereocenters. The van der Waals surface area contributed by atoms with Crippen LogP contribution in [0, 0.1) is 11.3 Å². The van der Waals surface area contributed by atoms with Crippen LogP contribution in [0.3, 0.4) is 0 Å². The van der Waals surface area contributed by atoms with Crippen molar-refractivity contribution < 1.29 is 4.79 Å². The molecule has 3 aliphatic carbocycles.